The molecular formula is C24H29N3O. The molecule has 3 aromatic rings. The fourth-order valence-corrected chi connectivity index (χ4v) is 4.11. The molecule has 1 fully saturated rings. The number of amides is 1. The van der Waals surface area contributed by atoms with Crippen molar-refractivity contribution in [2.75, 3.05) is 13.1 Å². The number of fused-ring (bicyclic) bond motifs is 1. The van der Waals surface area contributed by atoms with E-state index in [4.69, 9.17) is 0 Å². The van der Waals surface area contributed by atoms with Crippen LogP contribution in [0.15, 0.2) is 36.7 Å². The third-order valence-electron chi connectivity index (χ3n) is 6.35. The van der Waals surface area contributed by atoms with Gasteiger partial charge >= 0.3 is 0 Å². The van der Waals surface area contributed by atoms with Gasteiger partial charge in [-0.15, -0.1) is 0 Å². The fraction of sp³-hybridized carbons (Fsp3) is 0.417. The Labute approximate surface area is 167 Å². The van der Waals surface area contributed by atoms with Crippen LogP contribution in [0.4, 0.5) is 0 Å². The van der Waals surface area contributed by atoms with Crippen LogP contribution in [0.25, 0.3) is 11.0 Å². The van der Waals surface area contributed by atoms with Crippen molar-refractivity contribution in [3.05, 3.63) is 64.5 Å². The van der Waals surface area contributed by atoms with Gasteiger partial charge in [0.1, 0.15) is 0 Å². The number of rotatable bonds is 3. The zero-order valence-electron chi connectivity index (χ0n) is 17.3. The van der Waals surface area contributed by atoms with Gasteiger partial charge in [-0.3, -0.25) is 4.79 Å². The summed E-state index contributed by atoms with van der Waals surface area (Å²) in [4.78, 5) is 19.4. The van der Waals surface area contributed by atoms with E-state index in [1.165, 1.54) is 27.8 Å². The standard InChI is InChI=1S/C24H29N3O/c1-16-5-6-21(11-17(16)2)24(28)26-9-7-20(8-10-26)14-27-15-25-22-12-18(3)19(4)13-23(22)27/h5-6,11-13,15,20H,7-10,14H2,1-4H3. The maximum atomic E-state index is 12.8. The summed E-state index contributed by atoms with van der Waals surface area (Å²) in [6, 6.07) is 10.4. The van der Waals surface area contributed by atoms with Crippen LogP contribution in [-0.4, -0.2) is 33.4 Å². The Balaban J connectivity index is 1.41. The Morgan fingerprint density at radius 3 is 2.36 bits per heavy atom. The first-order valence-electron chi connectivity index (χ1n) is 10.2. The van der Waals surface area contributed by atoms with E-state index >= 15 is 0 Å². The summed E-state index contributed by atoms with van der Waals surface area (Å²) < 4.78 is 2.28. The van der Waals surface area contributed by atoms with Gasteiger partial charge in [-0.1, -0.05) is 6.07 Å². The first kappa shape index (κ1) is 18.7. The van der Waals surface area contributed by atoms with Crippen molar-refractivity contribution in [3.63, 3.8) is 0 Å². The van der Waals surface area contributed by atoms with E-state index in [1.807, 2.05) is 29.4 Å². The van der Waals surface area contributed by atoms with Crippen LogP contribution >= 0.6 is 0 Å². The zero-order valence-corrected chi connectivity index (χ0v) is 17.3. The SMILES string of the molecule is Cc1ccc(C(=O)N2CCC(Cn3cnc4cc(C)c(C)cc43)CC2)cc1C. The van der Waals surface area contributed by atoms with Crippen LogP contribution < -0.4 is 0 Å². The highest BCUT2D eigenvalue weighted by atomic mass is 16.2. The number of likely N-dealkylation sites (tertiary alicyclic amines) is 1. The fourth-order valence-electron chi connectivity index (χ4n) is 4.11. The number of carbonyl (C=O) groups excluding carboxylic acids is 1. The summed E-state index contributed by atoms with van der Waals surface area (Å²) >= 11 is 0. The van der Waals surface area contributed by atoms with Crippen LogP contribution in [-0.2, 0) is 6.54 Å². The minimum absolute atomic E-state index is 0.167. The molecule has 0 bridgehead atoms. The monoisotopic (exact) mass is 375 g/mol. The molecule has 0 saturated carbocycles. The van der Waals surface area contributed by atoms with Crippen molar-refractivity contribution < 1.29 is 4.79 Å². The van der Waals surface area contributed by atoms with Crippen molar-refractivity contribution in [1.29, 1.82) is 0 Å². The second-order valence-corrected chi connectivity index (χ2v) is 8.36. The van der Waals surface area contributed by atoms with Crippen LogP contribution in [0.3, 0.4) is 0 Å². The van der Waals surface area contributed by atoms with Crippen molar-refractivity contribution in [2.24, 2.45) is 5.92 Å². The lowest BCUT2D eigenvalue weighted by atomic mass is 9.95. The summed E-state index contributed by atoms with van der Waals surface area (Å²) in [6.45, 7) is 11.1. The molecule has 1 amide bonds. The number of benzene rings is 2. The molecule has 1 aromatic heterocycles. The van der Waals surface area contributed by atoms with Crippen molar-refractivity contribution in [3.8, 4) is 0 Å². The van der Waals surface area contributed by atoms with E-state index < -0.39 is 0 Å². The number of aromatic nitrogens is 2. The lowest BCUT2D eigenvalue weighted by Crippen LogP contribution is -2.39. The van der Waals surface area contributed by atoms with E-state index in [0.717, 1.165) is 43.6 Å². The summed E-state index contributed by atoms with van der Waals surface area (Å²) in [5.41, 5.74) is 8.11. The van der Waals surface area contributed by atoms with Crippen molar-refractivity contribution >= 4 is 16.9 Å². The second-order valence-electron chi connectivity index (χ2n) is 8.36. The molecule has 0 atom stereocenters. The highest BCUT2D eigenvalue weighted by Crippen LogP contribution is 2.24. The van der Waals surface area contributed by atoms with E-state index in [2.05, 4.69) is 49.4 Å². The highest BCUT2D eigenvalue weighted by Gasteiger charge is 2.24. The Kier molecular flexibility index (Phi) is 4.96. The van der Waals surface area contributed by atoms with Gasteiger partial charge in [-0.25, -0.2) is 4.98 Å². The number of carbonyl (C=O) groups is 1. The van der Waals surface area contributed by atoms with Gasteiger partial charge in [0.15, 0.2) is 0 Å². The minimum Gasteiger partial charge on any atom is -0.339 e. The summed E-state index contributed by atoms with van der Waals surface area (Å²) in [5.74, 6) is 0.753. The number of imidazole rings is 1. The molecule has 4 heteroatoms. The molecule has 1 saturated heterocycles. The van der Waals surface area contributed by atoms with Crippen LogP contribution in [0.1, 0.15) is 45.5 Å². The van der Waals surface area contributed by atoms with Crippen molar-refractivity contribution in [1.82, 2.24) is 14.5 Å². The van der Waals surface area contributed by atoms with Gasteiger partial charge in [-0.2, -0.15) is 0 Å². The molecule has 1 aliphatic heterocycles. The smallest absolute Gasteiger partial charge is 0.253 e. The first-order valence-corrected chi connectivity index (χ1v) is 10.2. The number of aryl methyl sites for hydroxylation is 4. The van der Waals surface area contributed by atoms with Gasteiger partial charge < -0.3 is 9.47 Å². The van der Waals surface area contributed by atoms with Gasteiger partial charge in [0.25, 0.3) is 5.91 Å². The molecule has 0 aliphatic carbocycles. The average molecular weight is 376 g/mol. The predicted octanol–water partition coefficient (Wildman–Crippen LogP) is 4.82. The zero-order chi connectivity index (χ0) is 19.8. The van der Waals surface area contributed by atoms with Crippen LogP contribution in [0, 0.1) is 33.6 Å². The largest absolute Gasteiger partial charge is 0.339 e. The second kappa shape index (κ2) is 7.42. The quantitative estimate of drug-likeness (QED) is 0.658. The summed E-state index contributed by atoms with van der Waals surface area (Å²) in [7, 11) is 0. The van der Waals surface area contributed by atoms with Gasteiger partial charge in [-0.05, 0) is 93.0 Å². The minimum atomic E-state index is 0.167. The molecule has 0 radical (unpaired) electrons. The molecule has 2 aromatic carbocycles. The Morgan fingerprint density at radius 1 is 0.964 bits per heavy atom. The molecule has 1 aliphatic rings. The number of piperidine rings is 1. The third-order valence-corrected chi connectivity index (χ3v) is 6.35. The maximum Gasteiger partial charge on any atom is 0.253 e. The number of hydrogen-bond acceptors (Lipinski definition) is 2. The lowest BCUT2D eigenvalue weighted by Gasteiger charge is -2.32. The molecule has 4 nitrogen and oxygen atoms in total. The molecule has 4 rings (SSSR count). The van der Waals surface area contributed by atoms with Gasteiger partial charge in [0.05, 0.1) is 17.4 Å². The molecule has 146 valence electrons. The van der Waals surface area contributed by atoms with E-state index in [0.29, 0.717) is 5.92 Å². The molecule has 0 N–H and O–H groups in total. The van der Waals surface area contributed by atoms with E-state index in [9.17, 15) is 4.79 Å². The summed E-state index contributed by atoms with van der Waals surface area (Å²) in [5, 5.41) is 0. The summed E-state index contributed by atoms with van der Waals surface area (Å²) in [6.07, 6.45) is 4.05. The molecule has 0 spiro atoms. The van der Waals surface area contributed by atoms with Gasteiger partial charge in [0, 0.05) is 25.2 Å². The molecule has 2 heterocycles. The predicted molar refractivity (Wildman–Crippen MR) is 114 cm³/mol. The Hall–Kier alpha value is -2.62. The molecule has 28 heavy (non-hydrogen) atoms. The average Bonchev–Trinajstić information content (AvgIpc) is 3.06. The van der Waals surface area contributed by atoms with E-state index in [-0.39, 0.29) is 5.91 Å². The number of nitrogens with zero attached hydrogens (tertiary/aromatic N) is 3. The lowest BCUT2D eigenvalue weighted by molar-refractivity contribution is 0.0683. The normalized spacial score (nSPS) is 15.4. The van der Waals surface area contributed by atoms with Crippen LogP contribution in [0.5, 0.6) is 0 Å². The van der Waals surface area contributed by atoms with Gasteiger partial charge in [0.2, 0.25) is 0 Å². The van der Waals surface area contributed by atoms with Crippen LogP contribution in [0.2, 0.25) is 0 Å². The van der Waals surface area contributed by atoms with E-state index in [1.54, 1.807) is 0 Å². The molecular weight excluding hydrogens is 346 g/mol. The Morgan fingerprint density at radius 2 is 1.64 bits per heavy atom. The topological polar surface area (TPSA) is 38.1 Å². The molecule has 0 unspecified atom stereocenters. The highest BCUT2D eigenvalue weighted by molar-refractivity contribution is 5.94. The maximum absolute atomic E-state index is 12.8. The Bertz CT molecular complexity index is 1030. The first-order chi connectivity index (χ1) is 13.4. The van der Waals surface area contributed by atoms with Crippen molar-refractivity contribution in [2.45, 2.75) is 47.1 Å². The third kappa shape index (κ3) is 3.56. The number of hydrogen-bond donors (Lipinski definition) is 0.